The average molecular weight is 583 g/mol. The molecule has 0 aliphatic carbocycles. The number of rotatable bonds is 8. The summed E-state index contributed by atoms with van der Waals surface area (Å²) in [6.07, 6.45) is 0. The van der Waals surface area contributed by atoms with Gasteiger partial charge in [0.1, 0.15) is 17.4 Å². The van der Waals surface area contributed by atoms with E-state index in [9.17, 15) is 5.11 Å². The van der Waals surface area contributed by atoms with Crippen LogP contribution in [0.1, 0.15) is 5.56 Å². The summed E-state index contributed by atoms with van der Waals surface area (Å²) in [7, 11) is 1.65. The number of nitrogens with one attached hydrogen (secondary N) is 2. The molecule has 0 aliphatic rings. The molecule has 0 unspecified atom stereocenters. The number of methoxy groups -OCH3 is 1. The molecule has 0 saturated carbocycles. The molecule has 8 nitrogen and oxygen atoms in total. The fraction of sp³-hybridized carbons (Fsp3) is 0.0588. The number of aliphatic hydroxyl groups is 1. The summed E-state index contributed by atoms with van der Waals surface area (Å²) in [4.78, 5) is 21.4. The number of aliphatic hydroxyl groups excluding tert-OH is 1. The number of aromatic nitrogens is 4. The zero-order chi connectivity index (χ0) is 29.2. The minimum absolute atomic E-state index is 0.00153. The Labute approximate surface area is 251 Å². The van der Waals surface area contributed by atoms with Gasteiger partial charge < -0.3 is 20.5 Å². The topological polar surface area (TPSA) is 105 Å². The number of ether oxygens (including phenoxy) is 1. The Hall–Kier alpha value is -5.38. The molecule has 0 atom stereocenters. The first-order valence-electron chi connectivity index (χ1n) is 13.7. The maximum atomic E-state index is 9.40. The van der Waals surface area contributed by atoms with Crippen molar-refractivity contribution in [1.82, 2.24) is 19.9 Å². The zero-order valence-corrected chi connectivity index (χ0v) is 24.0. The van der Waals surface area contributed by atoms with E-state index in [0.717, 1.165) is 60.1 Å². The molecule has 210 valence electrons. The SMILES string of the molecule is COc1ccc(Nc2nc(-c3ccc(-c4nc(Nc5ccc(CO)cc5)c5ccccc5n4)s3)nc3ccccc23)cc1. The van der Waals surface area contributed by atoms with Crippen LogP contribution in [0, 0.1) is 0 Å². The number of fused-ring (bicyclic) bond motifs is 2. The van der Waals surface area contributed by atoms with E-state index in [1.54, 1.807) is 18.4 Å². The zero-order valence-electron chi connectivity index (χ0n) is 23.2. The molecule has 3 N–H and O–H groups in total. The minimum atomic E-state index is 0.00153. The largest absolute Gasteiger partial charge is 0.497 e. The van der Waals surface area contributed by atoms with E-state index in [1.165, 1.54) is 0 Å². The van der Waals surface area contributed by atoms with Crippen molar-refractivity contribution < 1.29 is 9.84 Å². The van der Waals surface area contributed by atoms with Crippen molar-refractivity contribution in [3.63, 3.8) is 0 Å². The van der Waals surface area contributed by atoms with E-state index >= 15 is 0 Å². The second-order valence-electron chi connectivity index (χ2n) is 9.82. The van der Waals surface area contributed by atoms with E-state index in [-0.39, 0.29) is 6.61 Å². The molecule has 0 bridgehead atoms. The lowest BCUT2D eigenvalue weighted by atomic mass is 10.2. The van der Waals surface area contributed by atoms with Crippen LogP contribution in [0.4, 0.5) is 23.0 Å². The lowest BCUT2D eigenvalue weighted by Gasteiger charge is -2.11. The fourth-order valence-electron chi connectivity index (χ4n) is 4.78. The lowest BCUT2D eigenvalue weighted by molar-refractivity contribution is 0.282. The van der Waals surface area contributed by atoms with Gasteiger partial charge >= 0.3 is 0 Å². The molecule has 0 fully saturated rings. The van der Waals surface area contributed by atoms with Crippen molar-refractivity contribution >= 4 is 56.2 Å². The molecule has 0 radical (unpaired) electrons. The summed E-state index contributed by atoms with van der Waals surface area (Å²) in [5.74, 6) is 3.45. The van der Waals surface area contributed by atoms with Crippen molar-refractivity contribution in [2.24, 2.45) is 0 Å². The first-order valence-corrected chi connectivity index (χ1v) is 14.5. The van der Waals surface area contributed by atoms with Crippen LogP contribution in [-0.2, 0) is 6.61 Å². The molecule has 0 spiro atoms. The van der Waals surface area contributed by atoms with Gasteiger partial charge in [-0.25, -0.2) is 19.9 Å². The van der Waals surface area contributed by atoms with Gasteiger partial charge in [0.05, 0.1) is 34.5 Å². The standard InChI is InChI=1S/C34H26N6O2S/c1-42-24-16-14-23(15-17-24)36-32-26-7-3-5-9-28(26)38-34(40-32)30-19-18-29(43-30)33-37-27-8-4-2-6-25(27)31(39-33)35-22-12-10-21(20-41)11-13-22/h2-19,41H,20H2,1H3,(H,35,37,39)(H,36,38,40). The van der Waals surface area contributed by atoms with E-state index in [2.05, 4.69) is 10.6 Å². The van der Waals surface area contributed by atoms with Gasteiger partial charge in [-0.1, -0.05) is 36.4 Å². The number of benzene rings is 4. The van der Waals surface area contributed by atoms with Gasteiger partial charge in [0.25, 0.3) is 0 Å². The summed E-state index contributed by atoms with van der Waals surface area (Å²) < 4.78 is 5.30. The third-order valence-corrected chi connectivity index (χ3v) is 8.08. The van der Waals surface area contributed by atoms with Crippen molar-refractivity contribution in [2.75, 3.05) is 17.7 Å². The summed E-state index contributed by atoms with van der Waals surface area (Å²) >= 11 is 1.55. The molecule has 43 heavy (non-hydrogen) atoms. The number of hydrogen-bond donors (Lipinski definition) is 3. The Morgan fingerprint density at radius 2 is 1.09 bits per heavy atom. The van der Waals surface area contributed by atoms with Gasteiger partial charge in [0, 0.05) is 22.1 Å². The maximum Gasteiger partial charge on any atom is 0.172 e. The monoisotopic (exact) mass is 582 g/mol. The predicted molar refractivity (Wildman–Crippen MR) is 173 cm³/mol. The highest BCUT2D eigenvalue weighted by Gasteiger charge is 2.16. The quantitative estimate of drug-likeness (QED) is 0.166. The Balaban J connectivity index is 1.25. The molecular formula is C34H26N6O2S. The van der Waals surface area contributed by atoms with E-state index in [0.29, 0.717) is 17.5 Å². The highest BCUT2D eigenvalue weighted by Crippen LogP contribution is 2.36. The van der Waals surface area contributed by atoms with Crippen molar-refractivity contribution in [3.8, 4) is 27.2 Å². The maximum absolute atomic E-state index is 9.40. The van der Waals surface area contributed by atoms with Crippen LogP contribution < -0.4 is 15.4 Å². The highest BCUT2D eigenvalue weighted by atomic mass is 32.1. The van der Waals surface area contributed by atoms with Crippen LogP contribution in [0.25, 0.3) is 43.2 Å². The molecule has 7 aromatic rings. The molecular weight excluding hydrogens is 556 g/mol. The second-order valence-corrected chi connectivity index (χ2v) is 10.9. The van der Waals surface area contributed by atoms with Gasteiger partial charge in [-0.2, -0.15) is 0 Å². The van der Waals surface area contributed by atoms with Crippen LogP contribution in [0.2, 0.25) is 0 Å². The van der Waals surface area contributed by atoms with Gasteiger partial charge in [0.15, 0.2) is 11.6 Å². The van der Waals surface area contributed by atoms with E-state index in [4.69, 9.17) is 24.7 Å². The fourth-order valence-corrected chi connectivity index (χ4v) is 5.66. The summed E-state index contributed by atoms with van der Waals surface area (Å²) in [6, 6.07) is 35.3. The molecule has 3 heterocycles. The smallest absolute Gasteiger partial charge is 0.172 e. The molecule has 0 amide bonds. The number of thiophene rings is 1. The lowest BCUT2D eigenvalue weighted by Crippen LogP contribution is -1.99. The molecule has 7 rings (SSSR count). The highest BCUT2D eigenvalue weighted by molar-refractivity contribution is 7.18. The first-order chi connectivity index (χ1) is 21.2. The number of nitrogens with zero attached hydrogens (tertiary/aromatic N) is 4. The number of anilines is 4. The Morgan fingerprint density at radius 3 is 1.58 bits per heavy atom. The third kappa shape index (κ3) is 5.46. The average Bonchev–Trinajstić information content (AvgIpc) is 3.56. The van der Waals surface area contributed by atoms with Gasteiger partial charge in [-0.3, -0.25) is 0 Å². The van der Waals surface area contributed by atoms with Crippen LogP contribution in [0.5, 0.6) is 5.75 Å². The van der Waals surface area contributed by atoms with E-state index in [1.807, 2.05) is 109 Å². The molecule has 9 heteroatoms. The summed E-state index contributed by atoms with van der Waals surface area (Å²) in [6.45, 7) is 0.00153. The van der Waals surface area contributed by atoms with Crippen molar-refractivity contribution in [1.29, 1.82) is 0 Å². The molecule has 0 saturated heterocycles. The van der Waals surface area contributed by atoms with Crippen molar-refractivity contribution in [2.45, 2.75) is 6.61 Å². The Morgan fingerprint density at radius 1 is 0.605 bits per heavy atom. The van der Waals surface area contributed by atoms with E-state index < -0.39 is 0 Å². The Bertz CT molecular complexity index is 1910. The Kier molecular flexibility index (Phi) is 7.08. The summed E-state index contributed by atoms with van der Waals surface area (Å²) in [5.41, 5.74) is 4.31. The molecule has 3 aromatic heterocycles. The van der Waals surface area contributed by atoms with Crippen LogP contribution in [-0.4, -0.2) is 32.2 Å². The summed E-state index contributed by atoms with van der Waals surface area (Å²) in [5, 5.41) is 18.1. The predicted octanol–water partition coefficient (Wildman–Crippen LogP) is 7.96. The van der Waals surface area contributed by atoms with Crippen LogP contribution in [0.3, 0.4) is 0 Å². The number of para-hydroxylation sites is 2. The second kappa shape index (κ2) is 11.5. The first kappa shape index (κ1) is 26.5. The molecule has 0 aliphatic heterocycles. The van der Waals surface area contributed by atoms with Crippen LogP contribution in [0.15, 0.2) is 109 Å². The molecule has 4 aromatic carbocycles. The van der Waals surface area contributed by atoms with Gasteiger partial charge in [0.2, 0.25) is 0 Å². The normalized spacial score (nSPS) is 11.1. The van der Waals surface area contributed by atoms with Crippen LogP contribution >= 0.6 is 11.3 Å². The van der Waals surface area contributed by atoms with Crippen molar-refractivity contribution in [3.05, 3.63) is 115 Å². The van der Waals surface area contributed by atoms with Gasteiger partial charge in [-0.05, 0) is 78.4 Å². The third-order valence-electron chi connectivity index (χ3n) is 7.01. The van der Waals surface area contributed by atoms with Gasteiger partial charge in [-0.15, -0.1) is 11.3 Å². The number of hydrogen-bond acceptors (Lipinski definition) is 9. The minimum Gasteiger partial charge on any atom is -0.497 e.